The Balaban J connectivity index is 1.23. The Morgan fingerprint density at radius 2 is 2.00 bits per heavy atom. The van der Waals surface area contributed by atoms with Crippen LogP contribution < -0.4 is 5.32 Å². The quantitative estimate of drug-likeness (QED) is 0.736. The van der Waals surface area contributed by atoms with Gasteiger partial charge in [-0.1, -0.05) is 36.4 Å². The topological polar surface area (TPSA) is 32.3 Å². The summed E-state index contributed by atoms with van der Waals surface area (Å²) < 4.78 is 0. The molecule has 1 aromatic carbocycles. The number of nitrogens with one attached hydrogen (secondary N) is 1. The van der Waals surface area contributed by atoms with Crippen molar-refractivity contribution in [3.05, 3.63) is 47.5 Å². The molecule has 4 atom stereocenters. The van der Waals surface area contributed by atoms with E-state index in [1.807, 2.05) is 0 Å². The molecular formula is C26H36N2O. The highest BCUT2D eigenvalue weighted by Gasteiger charge is 2.45. The minimum atomic E-state index is 0.0897. The fourth-order valence-corrected chi connectivity index (χ4v) is 6.93. The minimum absolute atomic E-state index is 0.0897. The standard InChI is InChI=1S/C26H36N2O/c1-19(29)27-25-17-26(24-8-3-2-7-23(24)25)11-13-28(14-12-26)18-22-10-9-20-5-4-6-21(15-20)16-22/h2-4,6-8,20-22,25H,5,9-18H2,1H3,(H,27,29)/t20-,21+,22-,25?/m1/s1. The minimum Gasteiger partial charge on any atom is -0.349 e. The van der Waals surface area contributed by atoms with Crippen molar-refractivity contribution in [1.29, 1.82) is 0 Å². The van der Waals surface area contributed by atoms with Crippen molar-refractivity contribution in [2.45, 2.75) is 69.7 Å². The first kappa shape index (κ1) is 19.4. The molecule has 1 saturated carbocycles. The van der Waals surface area contributed by atoms with Gasteiger partial charge in [-0.15, -0.1) is 0 Å². The number of hydrogen-bond donors (Lipinski definition) is 1. The maximum Gasteiger partial charge on any atom is 0.217 e. The van der Waals surface area contributed by atoms with Gasteiger partial charge < -0.3 is 10.2 Å². The highest BCUT2D eigenvalue weighted by molar-refractivity contribution is 5.73. The maximum atomic E-state index is 11.7. The van der Waals surface area contributed by atoms with Crippen LogP contribution in [0.5, 0.6) is 0 Å². The molecule has 3 aliphatic carbocycles. The van der Waals surface area contributed by atoms with E-state index in [2.05, 4.69) is 46.6 Å². The summed E-state index contributed by atoms with van der Waals surface area (Å²) in [6, 6.07) is 9.06. The fourth-order valence-electron chi connectivity index (χ4n) is 6.93. The van der Waals surface area contributed by atoms with Gasteiger partial charge in [0, 0.05) is 18.9 Å². The normalized spacial score (nSPS) is 33.3. The van der Waals surface area contributed by atoms with Crippen LogP contribution in [0, 0.1) is 17.8 Å². The first-order valence-electron chi connectivity index (χ1n) is 11.9. The Labute approximate surface area is 175 Å². The first-order chi connectivity index (χ1) is 14.1. The Kier molecular flexibility index (Phi) is 5.28. The second-order valence-electron chi connectivity index (χ2n) is 10.3. The van der Waals surface area contributed by atoms with E-state index in [0.717, 1.165) is 24.2 Å². The number of carbonyl (C=O) groups is 1. The van der Waals surface area contributed by atoms with Crippen LogP contribution in [0.2, 0.25) is 0 Å². The zero-order valence-electron chi connectivity index (χ0n) is 17.9. The molecule has 3 heteroatoms. The molecule has 4 aliphatic rings. The van der Waals surface area contributed by atoms with E-state index in [1.165, 1.54) is 75.7 Å². The fraction of sp³-hybridized carbons (Fsp3) is 0.654. The van der Waals surface area contributed by atoms with Crippen molar-refractivity contribution in [1.82, 2.24) is 10.2 Å². The highest BCUT2D eigenvalue weighted by Crippen LogP contribution is 2.51. The second-order valence-corrected chi connectivity index (χ2v) is 10.3. The van der Waals surface area contributed by atoms with Crippen LogP contribution in [0.4, 0.5) is 0 Å². The third kappa shape index (κ3) is 3.91. The molecule has 29 heavy (non-hydrogen) atoms. The summed E-state index contributed by atoms with van der Waals surface area (Å²) >= 11 is 0. The molecule has 0 aromatic heterocycles. The second kappa shape index (κ2) is 7.91. The summed E-state index contributed by atoms with van der Waals surface area (Å²) in [5.41, 5.74) is 3.13. The van der Waals surface area contributed by atoms with Gasteiger partial charge in [-0.05, 0) is 93.3 Å². The third-order valence-corrected chi connectivity index (χ3v) is 8.34. The zero-order chi connectivity index (χ0) is 19.8. The van der Waals surface area contributed by atoms with E-state index in [-0.39, 0.29) is 17.4 Å². The molecule has 3 nitrogen and oxygen atoms in total. The van der Waals surface area contributed by atoms with Crippen LogP contribution in [0.15, 0.2) is 36.4 Å². The van der Waals surface area contributed by atoms with Crippen LogP contribution in [0.25, 0.3) is 0 Å². The molecule has 2 fully saturated rings. The Hall–Kier alpha value is -1.61. The smallest absolute Gasteiger partial charge is 0.217 e. The van der Waals surface area contributed by atoms with E-state index >= 15 is 0 Å². The van der Waals surface area contributed by atoms with Gasteiger partial charge in [0.25, 0.3) is 0 Å². The number of fused-ring (bicyclic) bond motifs is 4. The summed E-state index contributed by atoms with van der Waals surface area (Å²) in [7, 11) is 0. The Morgan fingerprint density at radius 3 is 2.83 bits per heavy atom. The van der Waals surface area contributed by atoms with Gasteiger partial charge in [-0.2, -0.15) is 0 Å². The van der Waals surface area contributed by atoms with E-state index in [9.17, 15) is 4.79 Å². The van der Waals surface area contributed by atoms with Crippen molar-refractivity contribution < 1.29 is 4.79 Å². The molecular weight excluding hydrogens is 356 g/mol. The lowest BCUT2D eigenvalue weighted by atomic mass is 9.73. The van der Waals surface area contributed by atoms with Crippen LogP contribution in [-0.4, -0.2) is 30.4 Å². The Morgan fingerprint density at radius 1 is 1.17 bits per heavy atom. The average molecular weight is 393 g/mol. The van der Waals surface area contributed by atoms with Crippen LogP contribution in [0.1, 0.15) is 75.5 Å². The lowest BCUT2D eigenvalue weighted by Gasteiger charge is -2.41. The number of piperidine rings is 1. The van der Waals surface area contributed by atoms with Gasteiger partial charge in [-0.25, -0.2) is 0 Å². The summed E-state index contributed by atoms with van der Waals surface area (Å²) in [4.78, 5) is 14.5. The van der Waals surface area contributed by atoms with Crippen molar-refractivity contribution >= 4 is 5.91 Å². The third-order valence-electron chi connectivity index (χ3n) is 8.34. The number of likely N-dealkylation sites (tertiary alicyclic amines) is 1. The molecule has 5 rings (SSSR count). The van der Waals surface area contributed by atoms with Crippen molar-refractivity contribution in [3.8, 4) is 0 Å². The molecule has 1 spiro atoms. The van der Waals surface area contributed by atoms with E-state index in [0.29, 0.717) is 0 Å². The van der Waals surface area contributed by atoms with E-state index < -0.39 is 0 Å². The Bertz CT molecular complexity index is 777. The number of benzene rings is 1. The van der Waals surface area contributed by atoms with Gasteiger partial charge >= 0.3 is 0 Å². The van der Waals surface area contributed by atoms with E-state index in [4.69, 9.17) is 0 Å². The maximum absolute atomic E-state index is 11.7. The number of allylic oxidation sites excluding steroid dienone is 2. The molecule has 1 amide bonds. The predicted octanol–water partition coefficient (Wildman–Crippen LogP) is 4.98. The molecule has 1 aromatic rings. The van der Waals surface area contributed by atoms with Crippen LogP contribution >= 0.6 is 0 Å². The number of carbonyl (C=O) groups excluding carboxylic acids is 1. The lowest BCUT2D eigenvalue weighted by molar-refractivity contribution is -0.119. The molecule has 1 saturated heterocycles. The van der Waals surface area contributed by atoms with Crippen LogP contribution in [-0.2, 0) is 10.2 Å². The monoisotopic (exact) mass is 392 g/mol. The van der Waals surface area contributed by atoms with Crippen molar-refractivity contribution in [2.24, 2.45) is 17.8 Å². The summed E-state index contributed by atoms with van der Waals surface area (Å²) in [6.45, 7) is 5.36. The number of amides is 1. The first-order valence-corrected chi connectivity index (χ1v) is 11.9. The predicted molar refractivity (Wildman–Crippen MR) is 118 cm³/mol. The number of nitrogens with zero attached hydrogens (tertiary/aromatic N) is 1. The van der Waals surface area contributed by atoms with Crippen molar-refractivity contribution in [2.75, 3.05) is 19.6 Å². The molecule has 1 unspecified atom stereocenters. The van der Waals surface area contributed by atoms with E-state index in [1.54, 1.807) is 6.92 Å². The summed E-state index contributed by atoms with van der Waals surface area (Å²) in [5, 5.41) is 3.22. The molecule has 156 valence electrons. The van der Waals surface area contributed by atoms with Gasteiger partial charge in [0.15, 0.2) is 0 Å². The number of hydrogen-bond acceptors (Lipinski definition) is 2. The molecule has 1 N–H and O–H groups in total. The zero-order valence-corrected chi connectivity index (χ0v) is 17.9. The average Bonchev–Trinajstić information content (AvgIpc) is 2.93. The molecule has 2 bridgehead atoms. The SMILES string of the molecule is CC(=O)NC1CC2(CCN(C[C@@H]3CC[C@H]4CC=C[C@@H](C4)C3)CC2)c2ccccc21. The van der Waals surface area contributed by atoms with Crippen LogP contribution in [0.3, 0.4) is 0 Å². The molecule has 0 radical (unpaired) electrons. The molecule has 1 heterocycles. The lowest BCUT2D eigenvalue weighted by Crippen LogP contribution is -2.43. The summed E-state index contributed by atoms with van der Waals surface area (Å²) in [5.74, 6) is 2.77. The highest BCUT2D eigenvalue weighted by atomic mass is 16.1. The molecule has 1 aliphatic heterocycles. The van der Waals surface area contributed by atoms with Gasteiger partial charge in [-0.3, -0.25) is 4.79 Å². The van der Waals surface area contributed by atoms with Gasteiger partial charge in [0.2, 0.25) is 5.91 Å². The number of rotatable bonds is 3. The largest absolute Gasteiger partial charge is 0.349 e. The summed E-state index contributed by atoms with van der Waals surface area (Å²) in [6.07, 6.45) is 15.6. The van der Waals surface area contributed by atoms with Crippen molar-refractivity contribution in [3.63, 3.8) is 0 Å². The van der Waals surface area contributed by atoms with Gasteiger partial charge in [0.1, 0.15) is 0 Å². The van der Waals surface area contributed by atoms with Gasteiger partial charge in [0.05, 0.1) is 6.04 Å².